The van der Waals surface area contributed by atoms with Crippen LogP contribution < -0.4 is 9.47 Å². The van der Waals surface area contributed by atoms with E-state index in [-0.39, 0.29) is 17.4 Å². The number of hydrogen-bond acceptors (Lipinski definition) is 5. The van der Waals surface area contributed by atoms with Crippen LogP contribution in [0.3, 0.4) is 0 Å². The van der Waals surface area contributed by atoms with Gasteiger partial charge in [-0.3, -0.25) is 0 Å². The highest BCUT2D eigenvalue weighted by molar-refractivity contribution is 6.32. The standard InChI is InChI=1S/C26H21ClFNO4/c1-3-31-23-14-17(12-21(27)24(23)32-15-19-7-5-4-6-16(19)2)13-22-26(30)33-25(29-22)18-8-10-20(28)11-9-18/h4-14H,3,15H2,1-2H3. The van der Waals surface area contributed by atoms with Crippen molar-refractivity contribution in [2.45, 2.75) is 20.5 Å². The van der Waals surface area contributed by atoms with E-state index < -0.39 is 5.97 Å². The van der Waals surface area contributed by atoms with Crippen molar-refractivity contribution in [3.63, 3.8) is 0 Å². The molecule has 33 heavy (non-hydrogen) atoms. The van der Waals surface area contributed by atoms with Crippen LogP contribution in [0.5, 0.6) is 11.5 Å². The van der Waals surface area contributed by atoms with Crippen molar-refractivity contribution in [3.05, 3.63) is 99.5 Å². The van der Waals surface area contributed by atoms with E-state index in [0.29, 0.717) is 40.9 Å². The molecule has 0 amide bonds. The largest absolute Gasteiger partial charge is 0.490 e. The zero-order valence-corrected chi connectivity index (χ0v) is 18.9. The van der Waals surface area contributed by atoms with Crippen LogP contribution in [0.25, 0.3) is 6.08 Å². The molecule has 0 N–H and O–H groups in total. The van der Waals surface area contributed by atoms with Gasteiger partial charge in [0.1, 0.15) is 12.4 Å². The van der Waals surface area contributed by atoms with E-state index in [9.17, 15) is 9.18 Å². The van der Waals surface area contributed by atoms with Crippen LogP contribution in [0.1, 0.15) is 29.2 Å². The zero-order valence-electron chi connectivity index (χ0n) is 18.1. The SMILES string of the molecule is CCOc1cc(C=C2N=C(c3ccc(F)cc3)OC2=O)cc(Cl)c1OCc1ccccc1C. The van der Waals surface area contributed by atoms with E-state index in [1.54, 1.807) is 18.2 Å². The van der Waals surface area contributed by atoms with E-state index in [0.717, 1.165) is 11.1 Å². The minimum atomic E-state index is -0.608. The van der Waals surface area contributed by atoms with Gasteiger partial charge in [0.05, 0.1) is 11.6 Å². The summed E-state index contributed by atoms with van der Waals surface area (Å²) in [6, 6.07) is 16.9. The monoisotopic (exact) mass is 465 g/mol. The summed E-state index contributed by atoms with van der Waals surface area (Å²) in [7, 11) is 0. The maximum Gasteiger partial charge on any atom is 0.363 e. The average Bonchev–Trinajstić information content (AvgIpc) is 3.15. The number of aliphatic imine (C=N–C) groups is 1. The highest BCUT2D eigenvalue weighted by atomic mass is 35.5. The molecule has 1 aliphatic heterocycles. The van der Waals surface area contributed by atoms with Crippen LogP contribution >= 0.6 is 11.6 Å². The van der Waals surface area contributed by atoms with Crippen LogP contribution in [0.4, 0.5) is 4.39 Å². The maximum atomic E-state index is 13.2. The van der Waals surface area contributed by atoms with Crippen LogP contribution in [-0.2, 0) is 16.1 Å². The molecule has 1 heterocycles. The Kier molecular flexibility index (Phi) is 6.75. The van der Waals surface area contributed by atoms with Crippen molar-refractivity contribution < 1.29 is 23.4 Å². The molecule has 0 unspecified atom stereocenters. The topological polar surface area (TPSA) is 57.1 Å². The number of esters is 1. The fourth-order valence-electron chi connectivity index (χ4n) is 3.28. The van der Waals surface area contributed by atoms with Crippen molar-refractivity contribution in [1.82, 2.24) is 0 Å². The lowest BCUT2D eigenvalue weighted by Gasteiger charge is -2.15. The molecule has 5 nitrogen and oxygen atoms in total. The second-order valence-electron chi connectivity index (χ2n) is 7.32. The van der Waals surface area contributed by atoms with Crippen LogP contribution in [0, 0.1) is 12.7 Å². The molecular weight excluding hydrogens is 445 g/mol. The number of cyclic esters (lactones) is 1. The first-order valence-corrected chi connectivity index (χ1v) is 10.7. The normalized spacial score (nSPS) is 14.2. The Morgan fingerprint density at radius 1 is 1.09 bits per heavy atom. The highest BCUT2D eigenvalue weighted by Gasteiger charge is 2.24. The third-order valence-corrected chi connectivity index (χ3v) is 5.26. The molecule has 0 saturated carbocycles. The van der Waals surface area contributed by atoms with Gasteiger partial charge in [0, 0.05) is 5.56 Å². The number of nitrogens with zero attached hydrogens (tertiary/aromatic N) is 1. The van der Waals surface area contributed by atoms with Gasteiger partial charge in [0.25, 0.3) is 0 Å². The highest BCUT2D eigenvalue weighted by Crippen LogP contribution is 2.38. The second kappa shape index (κ2) is 9.88. The summed E-state index contributed by atoms with van der Waals surface area (Å²) < 4.78 is 30.1. The van der Waals surface area contributed by atoms with Crippen molar-refractivity contribution >= 4 is 29.5 Å². The predicted molar refractivity (Wildman–Crippen MR) is 125 cm³/mol. The number of carbonyl (C=O) groups excluding carboxylic acids is 1. The summed E-state index contributed by atoms with van der Waals surface area (Å²) in [5, 5.41) is 0.343. The number of ether oxygens (including phenoxy) is 3. The van der Waals surface area contributed by atoms with E-state index in [1.165, 1.54) is 24.3 Å². The number of carbonyl (C=O) groups is 1. The minimum absolute atomic E-state index is 0.0985. The van der Waals surface area contributed by atoms with Gasteiger partial charge in [-0.05, 0) is 73.0 Å². The summed E-state index contributed by atoms with van der Waals surface area (Å²) in [5.74, 6) is -0.000857. The third kappa shape index (κ3) is 5.23. The Labute approximate surface area is 196 Å². The Bertz CT molecular complexity index is 1250. The minimum Gasteiger partial charge on any atom is -0.490 e. The van der Waals surface area contributed by atoms with Crippen molar-refractivity contribution in [3.8, 4) is 11.5 Å². The zero-order chi connectivity index (χ0) is 23.4. The molecule has 1 aliphatic rings. The Morgan fingerprint density at radius 2 is 1.85 bits per heavy atom. The first-order chi connectivity index (χ1) is 15.9. The molecule has 168 valence electrons. The molecule has 0 aromatic heterocycles. The first kappa shape index (κ1) is 22.6. The lowest BCUT2D eigenvalue weighted by molar-refractivity contribution is -0.129. The molecule has 0 atom stereocenters. The number of rotatable bonds is 7. The number of benzene rings is 3. The third-order valence-electron chi connectivity index (χ3n) is 4.98. The second-order valence-corrected chi connectivity index (χ2v) is 7.73. The molecule has 0 radical (unpaired) electrons. The van der Waals surface area contributed by atoms with Gasteiger partial charge >= 0.3 is 5.97 Å². The summed E-state index contributed by atoms with van der Waals surface area (Å²) in [6.07, 6.45) is 1.55. The first-order valence-electron chi connectivity index (χ1n) is 10.4. The summed E-state index contributed by atoms with van der Waals surface area (Å²) in [6.45, 7) is 4.62. The molecule has 4 rings (SSSR count). The Balaban J connectivity index is 1.61. The van der Waals surface area contributed by atoms with E-state index in [1.807, 2.05) is 38.1 Å². The molecule has 3 aromatic rings. The number of hydrogen-bond donors (Lipinski definition) is 0. The quantitative estimate of drug-likeness (QED) is 0.312. The van der Waals surface area contributed by atoms with Crippen molar-refractivity contribution in [2.24, 2.45) is 4.99 Å². The molecule has 0 saturated heterocycles. The number of halogens is 2. The fourth-order valence-corrected chi connectivity index (χ4v) is 3.55. The van der Waals surface area contributed by atoms with E-state index >= 15 is 0 Å². The van der Waals surface area contributed by atoms with Crippen molar-refractivity contribution in [2.75, 3.05) is 6.61 Å². The average molecular weight is 466 g/mol. The van der Waals surface area contributed by atoms with Gasteiger partial charge in [-0.2, -0.15) is 0 Å². The lowest BCUT2D eigenvalue weighted by atomic mass is 10.1. The van der Waals surface area contributed by atoms with Crippen LogP contribution in [0.15, 0.2) is 71.4 Å². The molecule has 0 aliphatic carbocycles. The summed E-state index contributed by atoms with van der Waals surface area (Å²) >= 11 is 6.52. The molecular formula is C26H21ClFNO4. The van der Waals surface area contributed by atoms with Gasteiger partial charge < -0.3 is 14.2 Å². The molecule has 0 bridgehead atoms. The van der Waals surface area contributed by atoms with Gasteiger partial charge in [0.15, 0.2) is 17.2 Å². The fraction of sp³-hybridized carbons (Fsp3) is 0.154. The molecule has 0 spiro atoms. The molecule has 3 aromatic carbocycles. The Morgan fingerprint density at radius 3 is 2.58 bits per heavy atom. The van der Waals surface area contributed by atoms with Gasteiger partial charge in [-0.15, -0.1) is 0 Å². The number of aryl methyl sites for hydroxylation is 1. The van der Waals surface area contributed by atoms with Crippen LogP contribution in [0.2, 0.25) is 5.02 Å². The van der Waals surface area contributed by atoms with E-state index in [4.69, 9.17) is 25.8 Å². The van der Waals surface area contributed by atoms with Crippen molar-refractivity contribution in [1.29, 1.82) is 0 Å². The van der Waals surface area contributed by atoms with Gasteiger partial charge in [-0.1, -0.05) is 35.9 Å². The Hall–Kier alpha value is -3.64. The van der Waals surface area contributed by atoms with Gasteiger partial charge in [0.2, 0.25) is 5.90 Å². The van der Waals surface area contributed by atoms with E-state index in [2.05, 4.69) is 4.99 Å². The maximum absolute atomic E-state index is 13.2. The summed E-state index contributed by atoms with van der Waals surface area (Å²) in [5.41, 5.74) is 3.35. The lowest BCUT2D eigenvalue weighted by Crippen LogP contribution is -2.05. The summed E-state index contributed by atoms with van der Waals surface area (Å²) in [4.78, 5) is 16.6. The predicted octanol–water partition coefficient (Wildman–Crippen LogP) is 6.11. The smallest absolute Gasteiger partial charge is 0.363 e. The molecule has 0 fully saturated rings. The van der Waals surface area contributed by atoms with Crippen LogP contribution in [-0.4, -0.2) is 18.5 Å². The van der Waals surface area contributed by atoms with Gasteiger partial charge in [-0.25, -0.2) is 14.2 Å². The molecule has 7 heteroatoms.